The molecule has 1 atom stereocenters. The van der Waals surface area contributed by atoms with Gasteiger partial charge in [0.15, 0.2) is 0 Å². The number of carbonyl (C=O) groups is 1. The Morgan fingerprint density at radius 2 is 1.79 bits per heavy atom. The first-order valence-corrected chi connectivity index (χ1v) is 7.56. The molecule has 1 aliphatic carbocycles. The third kappa shape index (κ3) is 2.05. The van der Waals surface area contributed by atoms with E-state index in [2.05, 4.69) is 0 Å². The molecule has 0 saturated heterocycles. The summed E-state index contributed by atoms with van der Waals surface area (Å²) in [5, 5.41) is 1.43. The van der Waals surface area contributed by atoms with Crippen molar-refractivity contribution in [2.75, 3.05) is 13.6 Å². The average Bonchev–Trinajstić information content (AvgIpc) is 2.52. The van der Waals surface area contributed by atoms with Gasteiger partial charge in [-0.3, -0.25) is 4.79 Å². The summed E-state index contributed by atoms with van der Waals surface area (Å²) in [5.41, 5.74) is 3.18. The summed E-state index contributed by atoms with van der Waals surface area (Å²) in [6.45, 7) is 0.743. The minimum absolute atomic E-state index is 0.0943. The molecule has 0 fully saturated rings. The molecule has 0 spiro atoms. The number of nitrogens with zero attached hydrogens (tertiary/aromatic N) is 1. The first-order valence-electron chi connectivity index (χ1n) is 6.42. The van der Waals surface area contributed by atoms with E-state index in [4.69, 9.17) is 34.8 Å². The number of hydrogen-bond acceptors (Lipinski definition) is 1. The molecule has 1 aromatic carbocycles. The van der Waals surface area contributed by atoms with Gasteiger partial charge in [0.2, 0.25) is 5.91 Å². The Morgan fingerprint density at radius 3 is 2.53 bits per heavy atom. The molecular formula is C14H14Cl3NO. The number of hydrogen-bond donors (Lipinski definition) is 0. The molecule has 1 unspecified atom stereocenters. The Balaban J connectivity index is 2.28. The number of halogens is 3. The van der Waals surface area contributed by atoms with Crippen LogP contribution in [0.5, 0.6) is 0 Å². The van der Waals surface area contributed by atoms with Gasteiger partial charge in [-0.15, -0.1) is 0 Å². The molecule has 0 saturated carbocycles. The van der Waals surface area contributed by atoms with Crippen LogP contribution in [-0.2, 0) is 17.6 Å². The lowest BCUT2D eigenvalue weighted by molar-refractivity contribution is -0.129. The van der Waals surface area contributed by atoms with Gasteiger partial charge in [0.05, 0.1) is 21.5 Å². The van der Waals surface area contributed by atoms with Crippen LogP contribution in [0.25, 0.3) is 0 Å². The van der Waals surface area contributed by atoms with Crippen LogP contribution in [0.3, 0.4) is 0 Å². The fourth-order valence-corrected chi connectivity index (χ4v) is 4.09. The topological polar surface area (TPSA) is 20.3 Å². The summed E-state index contributed by atoms with van der Waals surface area (Å²) in [7, 11) is 1.85. The monoisotopic (exact) mass is 317 g/mol. The zero-order chi connectivity index (χ0) is 13.7. The number of likely N-dealkylation sites (N-methyl/N-ethyl adjacent to an activating group) is 1. The second-order valence-electron chi connectivity index (χ2n) is 5.35. The molecule has 3 rings (SSSR count). The molecule has 19 heavy (non-hydrogen) atoms. The van der Waals surface area contributed by atoms with Crippen LogP contribution in [0.1, 0.15) is 35.4 Å². The summed E-state index contributed by atoms with van der Waals surface area (Å²) < 4.78 is 0. The molecule has 0 N–H and O–H groups in total. The Bertz CT molecular complexity index is 571. The summed E-state index contributed by atoms with van der Waals surface area (Å²) in [6, 6.07) is 0. The molecule has 5 heteroatoms. The van der Waals surface area contributed by atoms with Crippen LogP contribution in [-0.4, -0.2) is 24.4 Å². The van der Waals surface area contributed by atoms with E-state index in [-0.39, 0.29) is 5.91 Å². The minimum atomic E-state index is 0.0943. The largest absolute Gasteiger partial charge is 0.345 e. The van der Waals surface area contributed by atoms with Gasteiger partial charge in [-0.05, 0) is 36.0 Å². The summed E-state index contributed by atoms with van der Waals surface area (Å²) in [6.07, 6.45) is 3.40. The highest BCUT2D eigenvalue weighted by Gasteiger charge is 2.34. The molecule has 0 radical (unpaired) electrons. The Labute approximate surface area is 127 Å². The van der Waals surface area contributed by atoms with Crippen molar-refractivity contribution in [1.82, 2.24) is 4.90 Å². The molecule has 0 bridgehead atoms. The summed E-state index contributed by atoms with van der Waals surface area (Å²) in [5.74, 6) is 0.430. The van der Waals surface area contributed by atoms with Gasteiger partial charge < -0.3 is 4.90 Å². The van der Waals surface area contributed by atoms with E-state index in [0.717, 1.165) is 36.9 Å². The zero-order valence-corrected chi connectivity index (χ0v) is 12.9. The standard InChI is InChI=1S/C14H14Cl3NO/c1-18-6-7-3-2-4-8-11(7)9(5-10(18)19)13(16)14(17)12(8)15/h7H,2-6H2,1H3. The van der Waals surface area contributed by atoms with E-state index >= 15 is 0 Å². The molecule has 102 valence electrons. The van der Waals surface area contributed by atoms with Gasteiger partial charge in [-0.2, -0.15) is 0 Å². The lowest BCUT2D eigenvalue weighted by Gasteiger charge is -2.29. The average molecular weight is 319 g/mol. The molecule has 2 nitrogen and oxygen atoms in total. The van der Waals surface area contributed by atoms with Crippen molar-refractivity contribution in [3.05, 3.63) is 31.8 Å². The number of amides is 1. The van der Waals surface area contributed by atoms with E-state index in [9.17, 15) is 4.79 Å². The predicted molar refractivity (Wildman–Crippen MR) is 78.5 cm³/mol. The van der Waals surface area contributed by atoms with Crippen molar-refractivity contribution in [2.24, 2.45) is 0 Å². The van der Waals surface area contributed by atoms with Crippen LogP contribution >= 0.6 is 34.8 Å². The molecular weight excluding hydrogens is 305 g/mol. The Hall–Kier alpha value is -0.440. The maximum absolute atomic E-state index is 12.1. The normalized spacial score (nSPS) is 22.2. The molecule has 1 aliphatic heterocycles. The van der Waals surface area contributed by atoms with E-state index in [1.54, 1.807) is 4.90 Å². The first kappa shape index (κ1) is 13.5. The van der Waals surface area contributed by atoms with E-state index in [1.165, 1.54) is 5.56 Å². The molecule has 2 aliphatic rings. The van der Waals surface area contributed by atoms with Crippen LogP contribution in [0.15, 0.2) is 0 Å². The SMILES string of the molecule is CN1CC2CCCc3c(Cl)c(Cl)c(Cl)c(c32)CC1=O. The van der Waals surface area contributed by atoms with Gasteiger partial charge >= 0.3 is 0 Å². The number of benzene rings is 1. The summed E-state index contributed by atoms with van der Waals surface area (Å²) >= 11 is 18.9. The van der Waals surface area contributed by atoms with Crippen molar-refractivity contribution >= 4 is 40.7 Å². The molecule has 1 heterocycles. The van der Waals surface area contributed by atoms with Crippen LogP contribution in [0.2, 0.25) is 15.1 Å². The van der Waals surface area contributed by atoms with Crippen LogP contribution in [0.4, 0.5) is 0 Å². The maximum atomic E-state index is 12.1. The molecule has 1 aromatic rings. The second kappa shape index (κ2) is 4.83. The highest BCUT2D eigenvalue weighted by atomic mass is 35.5. The van der Waals surface area contributed by atoms with E-state index < -0.39 is 0 Å². The number of rotatable bonds is 0. The molecule has 1 amide bonds. The first-order chi connectivity index (χ1) is 9.00. The highest BCUT2D eigenvalue weighted by Crippen LogP contribution is 2.46. The third-order valence-corrected chi connectivity index (χ3v) is 5.61. The van der Waals surface area contributed by atoms with Crippen molar-refractivity contribution in [1.29, 1.82) is 0 Å². The molecule has 0 aromatic heterocycles. The smallest absolute Gasteiger partial charge is 0.226 e. The Morgan fingerprint density at radius 1 is 1.11 bits per heavy atom. The maximum Gasteiger partial charge on any atom is 0.226 e. The Kier molecular flexibility index (Phi) is 3.45. The van der Waals surface area contributed by atoms with Gasteiger partial charge in [-0.1, -0.05) is 34.8 Å². The fraction of sp³-hybridized carbons (Fsp3) is 0.500. The lowest BCUT2D eigenvalue weighted by Crippen LogP contribution is -2.30. The van der Waals surface area contributed by atoms with Crippen molar-refractivity contribution in [2.45, 2.75) is 31.6 Å². The highest BCUT2D eigenvalue weighted by molar-refractivity contribution is 6.48. The van der Waals surface area contributed by atoms with E-state index in [1.807, 2.05) is 7.05 Å². The predicted octanol–water partition coefficient (Wildman–Crippen LogP) is 4.08. The lowest BCUT2D eigenvalue weighted by atomic mass is 9.80. The zero-order valence-electron chi connectivity index (χ0n) is 10.6. The van der Waals surface area contributed by atoms with Crippen molar-refractivity contribution < 1.29 is 4.79 Å². The fourth-order valence-electron chi connectivity index (χ4n) is 3.26. The van der Waals surface area contributed by atoms with Crippen LogP contribution in [0, 0.1) is 0 Å². The van der Waals surface area contributed by atoms with E-state index in [0.29, 0.717) is 27.4 Å². The van der Waals surface area contributed by atoms with Crippen molar-refractivity contribution in [3.63, 3.8) is 0 Å². The van der Waals surface area contributed by atoms with Gasteiger partial charge in [0.25, 0.3) is 0 Å². The van der Waals surface area contributed by atoms with Gasteiger partial charge in [0.1, 0.15) is 0 Å². The second-order valence-corrected chi connectivity index (χ2v) is 6.49. The summed E-state index contributed by atoms with van der Waals surface area (Å²) in [4.78, 5) is 13.9. The minimum Gasteiger partial charge on any atom is -0.345 e. The third-order valence-electron chi connectivity index (χ3n) is 4.20. The van der Waals surface area contributed by atoms with Gasteiger partial charge in [0, 0.05) is 19.5 Å². The van der Waals surface area contributed by atoms with Gasteiger partial charge in [-0.25, -0.2) is 0 Å². The number of carbonyl (C=O) groups excluding carboxylic acids is 1. The van der Waals surface area contributed by atoms with Crippen LogP contribution < -0.4 is 0 Å². The quantitative estimate of drug-likeness (QED) is 0.660. The van der Waals surface area contributed by atoms with Crippen molar-refractivity contribution in [3.8, 4) is 0 Å².